The number of fused-ring (bicyclic) bond motifs is 1. The summed E-state index contributed by atoms with van der Waals surface area (Å²) < 4.78 is 11.8. The smallest absolute Gasteiger partial charge is 0.189 e. The van der Waals surface area contributed by atoms with Crippen molar-refractivity contribution in [3.8, 4) is 11.5 Å². The number of rotatable bonds is 1. The number of ether oxygens (including phenoxy) is 2. The van der Waals surface area contributed by atoms with E-state index >= 15 is 0 Å². The van der Waals surface area contributed by atoms with Crippen molar-refractivity contribution in [3.05, 3.63) is 23.3 Å². The van der Waals surface area contributed by atoms with E-state index in [9.17, 15) is 0 Å². The SMILES string of the molecule is Cc1ccc(C)c2c1OCC(C1=NCCN1)O2. The summed E-state index contributed by atoms with van der Waals surface area (Å²) in [6.07, 6.45) is -0.0921. The number of amidine groups is 1. The molecule has 2 aliphatic heterocycles. The summed E-state index contributed by atoms with van der Waals surface area (Å²) in [5.74, 6) is 2.65. The van der Waals surface area contributed by atoms with Crippen LogP contribution >= 0.6 is 0 Å². The number of aliphatic imine (C=N–C) groups is 1. The van der Waals surface area contributed by atoms with Gasteiger partial charge in [-0.3, -0.25) is 4.99 Å². The Balaban J connectivity index is 1.92. The highest BCUT2D eigenvalue weighted by Gasteiger charge is 2.28. The second-order valence-electron chi connectivity index (χ2n) is 4.47. The summed E-state index contributed by atoms with van der Waals surface area (Å²) in [7, 11) is 0. The molecule has 2 heterocycles. The van der Waals surface area contributed by atoms with Gasteiger partial charge in [0.2, 0.25) is 0 Å². The lowest BCUT2D eigenvalue weighted by Gasteiger charge is -2.28. The lowest BCUT2D eigenvalue weighted by atomic mass is 10.1. The fourth-order valence-electron chi connectivity index (χ4n) is 2.19. The zero-order chi connectivity index (χ0) is 11.8. The van der Waals surface area contributed by atoms with E-state index in [1.54, 1.807) is 0 Å². The molecule has 17 heavy (non-hydrogen) atoms. The third-order valence-corrected chi connectivity index (χ3v) is 3.15. The molecule has 4 heteroatoms. The summed E-state index contributed by atoms with van der Waals surface area (Å²) in [5, 5.41) is 3.24. The molecule has 1 unspecified atom stereocenters. The standard InChI is InChI=1S/C13H16N2O2/c1-8-3-4-9(2)12-11(8)16-7-10(17-12)13-14-5-6-15-13/h3-4,10H,5-7H2,1-2H3,(H,14,15). The molecule has 0 bridgehead atoms. The van der Waals surface area contributed by atoms with Crippen LogP contribution in [-0.2, 0) is 0 Å². The van der Waals surface area contributed by atoms with E-state index in [-0.39, 0.29) is 6.10 Å². The molecule has 0 saturated carbocycles. The Kier molecular flexibility index (Phi) is 2.42. The van der Waals surface area contributed by atoms with Gasteiger partial charge in [-0.1, -0.05) is 12.1 Å². The van der Waals surface area contributed by atoms with Crippen LogP contribution < -0.4 is 14.8 Å². The highest BCUT2D eigenvalue weighted by molar-refractivity contribution is 5.88. The minimum absolute atomic E-state index is 0.0921. The van der Waals surface area contributed by atoms with Gasteiger partial charge in [0, 0.05) is 6.54 Å². The minimum Gasteiger partial charge on any atom is -0.485 e. The highest BCUT2D eigenvalue weighted by atomic mass is 16.6. The minimum atomic E-state index is -0.0921. The molecule has 1 atom stereocenters. The summed E-state index contributed by atoms with van der Waals surface area (Å²) in [6, 6.07) is 4.12. The molecule has 1 N–H and O–H groups in total. The van der Waals surface area contributed by atoms with Gasteiger partial charge in [0.25, 0.3) is 0 Å². The van der Waals surface area contributed by atoms with Crippen LogP contribution in [0.5, 0.6) is 11.5 Å². The molecule has 90 valence electrons. The fourth-order valence-corrected chi connectivity index (χ4v) is 2.19. The number of aryl methyl sites for hydroxylation is 2. The average Bonchev–Trinajstić information content (AvgIpc) is 2.87. The van der Waals surface area contributed by atoms with E-state index < -0.39 is 0 Å². The molecule has 4 nitrogen and oxygen atoms in total. The predicted octanol–water partition coefficient (Wildman–Crippen LogP) is 1.44. The van der Waals surface area contributed by atoms with Gasteiger partial charge < -0.3 is 14.8 Å². The quantitative estimate of drug-likeness (QED) is 0.796. The second kappa shape index (κ2) is 3.95. The molecule has 2 aliphatic rings. The summed E-state index contributed by atoms with van der Waals surface area (Å²) >= 11 is 0. The van der Waals surface area contributed by atoms with Gasteiger partial charge >= 0.3 is 0 Å². The van der Waals surface area contributed by atoms with E-state index in [4.69, 9.17) is 9.47 Å². The van der Waals surface area contributed by atoms with Gasteiger partial charge in [0.15, 0.2) is 17.6 Å². The van der Waals surface area contributed by atoms with Crippen molar-refractivity contribution in [2.75, 3.05) is 19.7 Å². The normalized spacial score (nSPS) is 22.0. The number of nitrogens with zero attached hydrogens (tertiary/aromatic N) is 1. The average molecular weight is 232 g/mol. The highest BCUT2D eigenvalue weighted by Crippen LogP contribution is 2.37. The predicted molar refractivity (Wildman–Crippen MR) is 66.1 cm³/mol. The first-order valence-electron chi connectivity index (χ1n) is 5.93. The Morgan fingerprint density at radius 3 is 2.71 bits per heavy atom. The topological polar surface area (TPSA) is 42.8 Å². The molecule has 0 amide bonds. The molecule has 1 aromatic rings. The molecule has 0 radical (unpaired) electrons. The van der Waals surface area contributed by atoms with Crippen LogP contribution in [0, 0.1) is 13.8 Å². The van der Waals surface area contributed by atoms with Gasteiger partial charge in [0.05, 0.1) is 6.54 Å². The summed E-state index contributed by atoms with van der Waals surface area (Å²) in [5.41, 5.74) is 2.22. The Bertz CT molecular complexity index is 483. The Labute approximate surface area is 101 Å². The van der Waals surface area contributed by atoms with Crippen molar-refractivity contribution in [3.63, 3.8) is 0 Å². The van der Waals surface area contributed by atoms with Gasteiger partial charge in [-0.15, -0.1) is 0 Å². The number of hydrogen-bond acceptors (Lipinski definition) is 4. The van der Waals surface area contributed by atoms with Crippen LogP contribution in [0.3, 0.4) is 0 Å². The summed E-state index contributed by atoms with van der Waals surface area (Å²) in [6.45, 7) is 6.33. The van der Waals surface area contributed by atoms with E-state index in [1.165, 1.54) is 0 Å². The first-order chi connectivity index (χ1) is 8.25. The van der Waals surface area contributed by atoms with Gasteiger partial charge in [-0.25, -0.2) is 0 Å². The zero-order valence-electron chi connectivity index (χ0n) is 10.1. The first-order valence-corrected chi connectivity index (χ1v) is 5.93. The molecule has 0 saturated heterocycles. The van der Waals surface area contributed by atoms with Crippen molar-refractivity contribution in [2.45, 2.75) is 20.0 Å². The van der Waals surface area contributed by atoms with Crippen molar-refractivity contribution >= 4 is 5.84 Å². The van der Waals surface area contributed by atoms with Crippen LogP contribution in [0.4, 0.5) is 0 Å². The van der Waals surface area contributed by atoms with E-state index in [0.29, 0.717) is 6.61 Å². The molecule has 3 rings (SSSR count). The third-order valence-electron chi connectivity index (χ3n) is 3.15. The van der Waals surface area contributed by atoms with Crippen molar-refractivity contribution in [1.29, 1.82) is 0 Å². The monoisotopic (exact) mass is 232 g/mol. The molecular weight excluding hydrogens is 216 g/mol. The van der Waals surface area contributed by atoms with Crippen molar-refractivity contribution in [2.24, 2.45) is 4.99 Å². The van der Waals surface area contributed by atoms with Gasteiger partial charge in [-0.2, -0.15) is 0 Å². The maximum absolute atomic E-state index is 6.01. The van der Waals surface area contributed by atoms with Crippen molar-refractivity contribution in [1.82, 2.24) is 5.32 Å². The Hall–Kier alpha value is -1.71. The molecule has 1 aromatic carbocycles. The van der Waals surface area contributed by atoms with Gasteiger partial charge in [0.1, 0.15) is 12.4 Å². The first kappa shape index (κ1) is 10.4. The number of benzene rings is 1. The lowest BCUT2D eigenvalue weighted by molar-refractivity contribution is 0.131. The number of nitrogens with one attached hydrogen (secondary N) is 1. The third kappa shape index (κ3) is 1.73. The van der Waals surface area contributed by atoms with Gasteiger partial charge in [-0.05, 0) is 25.0 Å². The fraction of sp³-hybridized carbons (Fsp3) is 0.462. The second-order valence-corrected chi connectivity index (χ2v) is 4.47. The zero-order valence-corrected chi connectivity index (χ0v) is 10.1. The molecule has 0 aromatic heterocycles. The lowest BCUT2D eigenvalue weighted by Crippen LogP contribution is -2.42. The van der Waals surface area contributed by atoms with Crippen molar-refractivity contribution < 1.29 is 9.47 Å². The molecular formula is C13H16N2O2. The van der Waals surface area contributed by atoms with Crippen LogP contribution in [0.25, 0.3) is 0 Å². The van der Waals surface area contributed by atoms with Crippen LogP contribution in [0.1, 0.15) is 11.1 Å². The maximum atomic E-state index is 6.01. The number of hydrogen-bond donors (Lipinski definition) is 1. The Morgan fingerprint density at radius 2 is 2.00 bits per heavy atom. The van der Waals surface area contributed by atoms with Crippen LogP contribution in [-0.4, -0.2) is 31.6 Å². The van der Waals surface area contributed by atoms with E-state index in [1.807, 2.05) is 13.8 Å². The Morgan fingerprint density at radius 1 is 1.24 bits per heavy atom. The largest absolute Gasteiger partial charge is 0.485 e. The van der Waals surface area contributed by atoms with Crippen LogP contribution in [0.15, 0.2) is 17.1 Å². The molecule has 0 aliphatic carbocycles. The molecule has 0 fully saturated rings. The van der Waals surface area contributed by atoms with E-state index in [2.05, 4.69) is 22.4 Å². The maximum Gasteiger partial charge on any atom is 0.189 e. The van der Waals surface area contributed by atoms with Crippen LogP contribution in [0.2, 0.25) is 0 Å². The summed E-state index contributed by atoms with van der Waals surface area (Å²) in [4.78, 5) is 4.38. The van der Waals surface area contributed by atoms with E-state index in [0.717, 1.165) is 41.6 Å². The molecule has 0 spiro atoms.